The van der Waals surface area contributed by atoms with Crippen LogP contribution in [0, 0.1) is 6.92 Å². The minimum Gasteiger partial charge on any atom is -0.497 e. The number of nitrogens with one attached hydrogen (secondary N) is 1. The third-order valence-corrected chi connectivity index (χ3v) is 4.62. The number of ether oxygens (including phenoxy) is 2. The predicted octanol–water partition coefficient (Wildman–Crippen LogP) is 4.06. The van der Waals surface area contributed by atoms with Crippen LogP contribution >= 0.6 is 11.8 Å². The average molecular weight is 373 g/mol. The third kappa shape index (κ3) is 6.44. The number of benzene rings is 2. The molecule has 1 N–H and O–H groups in total. The molecule has 1 atom stereocenters. The summed E-state index contributed by atoms with van der Waals surface area (Å²) in [6, 6.07) is 15.1. The topological polar surface area (TPSA) is 64.6 Å². The van der Waals surface area contributed by atoms with Crippen molar-refractivity contribution in [2.75, 3.05) is 18.2 Å². The molecule has 26 heavy (non-hydrogen) atoms. The Morgan fingerprint density at radius 3 is 2.58 bits per heavy atom. The quantitative estimate of drug-likeness (QED) is 0.558. The van der Waals surface area contributed by atoms with E-state index >= 15 is 0 Å². The summed E-state index contributed by atoms with van der Waals surface area (Å²) >= 11 is 1.58. The highest BCUT2D eigenvalue weighted by Crippen LogP contribution is 2.20. The molecule has 0 aromatic heterocycles. The number of anilines is 1. The lowest BCUT2D eigenvalue weighted by molar-refractivity contribution is -0.152. The van der Waals surface area contributed by atoms with Crippen LogP contribution in [0.5, 0.6) is 5.75 Å². The molecule has 5 nitrogen and oxygen atoms in total. The van der Waals surface area contributed by atoms with Gasteiger partial charge in [-0.2, -0.15) is 0 Å². The highest BCUT2D eigenvalue weighted by atomic mass is 32.2. The van der Waals surface area contributed by atoms with Crippen LogP contribution in [-0.4, -0.2) is 30.8 Å². The summed E-state index contributed by atoms with van der Waals surface area (Å²) in [6.45, 7) is 3.59. The van der Waals surface area contributed by atoms with Crippen LogP contribution in [0.15, 0.2) is 53.4 Å². The molecule has 6 heteroatoms. The highest BCUT2D eigenvalue weighted by Gasteiger charge is 2.18. The number of carbonyl (C=O) groups excluding carboxylic acids is 2. The lowest BCUT2D eigenvalue weighted by Gasteiger charge is -2.14. The second-order valence-electron chi connectivity index (χ2n) is 5.76. The molecule has 1 unspecified atom stereocenters. The summed E-state index contributed by atoms with van der Waals surface area (Å²) in [6.07, 6.45) is -0.618. The predicted molar refractivity (Wildman–Crippen MR) is 104 cm³/mol. The number of amides is 1. The molecule has 2 aromatic carbocycles. The Balaban J connectivity index is 1.74. The zero-order valence-electron chi connectivity index (χ0n) is 15.2. The second-order valence-corrected chi connectivity index (χ2v) is 6.93. The van der Waals surface area contributed by atoms with Crippen LogP contribution in [-0.2, 0) is 14.3 Å². The fourth-order valence-corrected chi connectivity index (χ4v) is 2.97. The molecule has 0 bridgehead atoms. The molecular formula is C20H23NO4S. The molecule has 2 aromatic rings. The Morgan fingerprint density at radius 2 is 1.88 bits per heavy atom. The molecule has 0 heterocycles. The van der Waals surface area contributed by atoms with Gasteiger partial charge in [-0.3, -0.25) is 9.59 Å². The minimum atomic E-state index is -0.863. The summed E-state index contributed by atoms with van der Waals surface area (Å²) in [5, 5.41) is 2.71. The van der Waals surface area contributed by atoms with Gasteiger partial charge in [-0.25, -0.2) is 0 Å². The molecule has 0 aliphatic carbocycles. The van der Waals surface area contributed by atoms with Crippen molar-refractivity contribution in [2.45, 2.75) is 31.3 Å². The fourth-order valence-electron chi connectivity index (χ4n) is 2.14. The van der Waals surface area contributed by atoms with Crippen molar-refractivity contribution < 1.29 is 19.1 Å². The maximum atomic E-state index is 12.1. The van der Waals surface area contributed by atoms with E-state index in [0.29, 0.717) is 17.2 Å². The van der Waals surface area contributed by atoms with E-state index in [-0.39, 0.29) is 12.3 Å². The molecular weight excluding hydrogens is 350 g/mol. The van der Waals surface area contributed by atoms with Crippen LogP contribution in [0.3, 0.4) is 0 Å². The van der Waals surface area contributed by atoms with E-state index in [0.717, 1.165) is 4.90 Å². The number of thioether (sulfide) groups is 1. The maximum absolute atomic E-state index is 12.1. The monoisotopic (exact) mass is 373 g/mol. The van der Waals surface area contributed by atoms with E-state index in [1.54, 1.807) is 50.1 Å². The summed E-state index contributed by atoms with van der Waals surface area (Å²) < 4.78 is 10.3. The Morgan fingerprint density at radius 1 is 1.15 bits per heavy atom. The van der Waals surface area contributed by atoms with Gasteiger partial charge in [0.25, 0.3) is 5.91 Å². The Hall–Kier alpha value is -2.47. The highest BCUT2D eigenvalue weighted by molar-refractivity contribution is 7.99. The first-order valence-corrected chi connectivity index (χ1v) is 9.30. The summed E-state index contributed by atoms with van der Waals surface area (Å²) in [7, 11) is 1.56. The van der Waals surface area contributed by atoms with Crippen molar-refractivity contribution in [3.63, 3.8) is 0 Å². The first kappa shape index (κ1) is 19.8. The first-order chi connectivity index (χ1) is 12.5. The molecule has 0 spiro atoms. The number of rotatable bonds is 8. The Kier molecular flexibility index (Phi) is 7.53. The smallest absolute Gasteiger partial charge is 0.307 e. The Labute approximate surface area is 158 Å². The molecule has 0 saturated heterocycles. The van der Waals surface area contributed by atoms with Gasteiger partial charge in [0.2, 0.25) is 0 Å². The zero-order chi connectivity index (χ0) is 18.9. The van der Waals surface area contributed by atoms with Crippen molar-refractivity contribution in [1.82, 2.24) is 0 Å². The van der Waals surface area contributed by atoms with Crippen LogP contribution in [0.25, 0.3) is 0 Å². The normalized spacial score (nSPS) is 11.5. The van der Waals surface area contributed by atoms with E-state index in [9.17, 15) is 9.59 Å². The van der Waals surface area contributed by atoms with Crippen molar-refractivity contribution in [3.8, 4) is 5.75 Å². The number of aryl methyl sites for hydroxylation is 1. The van der Waals surface area contributed by atoms with Crippen molar-refractivity contribution in [3.05, 3.63) is 54.1 Å². The Bertz CT molecular complexity index is 746. The van der Waals surface area contributed by atoms with Gasteiger partial charge in [0.15, 0.2) is 6.10 Å². The third-order valence-electron chi connectivity index (χ3n) is 3.61. The molecule has 0 aliphatic heterocycles. The lowest BCUT2D eigenvalue weighted by atomic mass is 10.2. The van der Waals surface area contributed by atoms with Gasteiger partial charge in [0.1, 0.15) is 5.75 Å². The van der Waals surface area contributed by atoms with Gasteiger partial charge >= 0.3 is 5.97 Å². The molecule has 2 rings (SSSR count). The lowest BCUT2D eigenvalue weighted by Crippen LogP contribution is -2.30. The standard InChI is InChI=1S/C20H23NO4S/c1-14-7-9-18(10-8-14)26-12-11-19(22)25-15(2)20(23)21-16-5-4-6-17(13-16)24-3/h4-10,13,15H,11-12H2,1-3H3,(H,21,23). The summed E-state index contributed by atoms with van der Waals surface area (Å²) in [4.78, 5) is 25.2. The number of esters is 1. The van der Waals surface area contributed by atoms with Gasteiger partial charge < -0.3 is 14.8 Å². The van der Waals surface area contributed by atoms with Gasteiger partial charge in [-0.05, 0) is 38.1 Å². The molecule has 1 amide bonds. The zero-order valence-corrected chi connectivity index (χ0v) is 16.0. The van der Waals surface area contributed by atoms with E-state index in [1.165, 1.54) is 5.56 Å². The average Bonchev–Trinajstić information content (AvgIpc) is 2.63. The molecule has 0 radical (unpaired) electrons. The van der Waals surface area contributed by atoms with Gasteiger partial charge in [-0.15, -0.1) is 11.8 Å². The summed E-state index contributed by atoms with van der Waals surface area (Å²) in [5.74, 6) is 0.475. The number of carbonyl (C=O) groups is 2. The van der Waals surface area contributed by atoms with Crippen LogP contribution in [0.2, 0.25) is 0 Å². The molecule has 138 valence electrons. The maximum Gasteiger partial charge on any atom is 0.307 e. The first-order valence-electron chi connectivity index (χ1n) is 8.32. The number of hydrogen-bond acceptors (Lipinski definition) is 5. The van der Waals surface area contributed by atoms with Crippen LogP contribution < -0.4 is 10.1 Å². The van der Waals surface area contributed by atoms with Crippen molar-refractivity contribution in [2.24, 2.45) is 0 Å². The fraction of sp³-hybridized carbons (Fsp3) is 0.300. The van der Waals surface area contributed by atoms with E-state index in [1.807, 2.05) is 31.2 Å². The molecule has 0 fully saturated rings. The molecule has 0 aliphatic rings. The second kappa shape index (κ2) is 9.87. The molecule has 0 saturated carbocycles. The summed E-state index contributed by atoms with van der Waals surface area (Å²) in [5.41, 5.74) is 1.79. The van der Waals surface area contributed by atoms with Crippen molar-refractivity contribution >= 4 is 29.3 Å². The van der Waals surface area contributed by atoms with Gasteiger partial charge in [0, 0.05) is 22.4 Å². The largest absolute Gasteiger partial charge is 0.497 e. The SMILES string of the molecule is COc1cccc(NC(=O)C(C)OC(=O)CCSc2ccc(C)cc2)c1. The van der Waals surface area contributed by atoms with Crippen LogP contribution in [0.1, 0.15) is 18.9 Å². The van der Waals surface area contributed by atoms with Gasteiger partial charge in [-0.1, -0.05) is 23.8 Å². The van der Waals surface area contributed by atoms with Gasteiger partial charge in [0.05, 0.1) is 13.5 Å². The van der Waals surface area contributed by atoms with E-state index < -0.39 is 12.1 Å². The van der Waals surface area contributed by atoms with Crippen molar-refractivity contribution in [1.29, 1.82) is 0 Å². The van der Waals surface area contributed by atoms with E-state index in [2.05, 4.69) is 5.32 Å². The number of hydrogen-bond donors (Lipinski definition) is 1. The van der Waals surface area contributed by atoms with E-state index in [4.69, 9.17) is 9.47 Å². The minimum absolute atomic E-state index is 0.245. The van der Waals surface area contributed by atoms with Crippen LogP contribution in [0.4, 0.5) is 5.69 Å². The number of methoxy groups -OCH3 is 1.